The molecule has 100 valence electrons. The fourth-order valence-electron chi connectivity index (χ4n) is 2.10. The van der Waals surface area contributed by atoms with Crippen LogP contribution in [0.5, 0.6) is 5.75 Å². The number of amides is 1. The molecule has 5 heteroatoms. The molecule has 5 nitrogen and oxygen atoms in total. The molecule has 1 aliphatic heterocycles. The number of benzene rings is 1. The number of hydrogen-bond acceptors (Lipinski definition) is 4. The van der Waals surface area contributed by atoms with Crippen LogP contribution in [0.2, 0.25) is 0 Å². The molecule has 1 amide bonds. The van der Waals surface area contributed by atoms with Gasteiger partial charge in [-0.05, 0) is 31.5 Å². The Bertz CT molecular complexity index is 476. The molecule has 2 N–H and O–H groups in total. The number of ether oxygens (including phenoxy) is 1. The molecule has 1 aliphatic rings. The van der Waals surface area contributed by atoms with Crippen LogP contribution in [0.3, 0.4) is 0 Å². The van der Waals surface area contributed by atoms with Gasteiger partial charge in [-0.25, -0.2) is 0 Å². The summed E-state index contributed by atoms with van der Waals surface area (Å²) in [6.07, 6.45) is 1.95. The zero-order valence-corrected chi connectivity index (χ0v) is 10.7. The lowest BCUT2D eigenvalue weighted by Crippen LogP contribution is -2.37. The summed E-state index contributed by atoms with van der Waals surface area (Å²) >= 11 is 0. The van der Waals surface area contributed by atoms with E-state index < -0.39 is 0 Å². The summed E-state index contributed by atoms with van der Waals surface area (Å²) in [6, 6.07) is 9.00. The SMILES string of the molecule is N#CCOc1cccc(NC(=O)C2CCCNC2)c1. The Morgan fingerprint density at radius 1 is 1.58 bits per heavy atom. The van der Waals surface area contributed by atoms with Crippen LogP contribution in [-0.2, 0) is 4.79 Å². The minimum Gasteiger partial charge on any atom is -0.479 e. The molecule has 0 aromatic heterocycles. The van der Waals surface area contributed by atoms with E-state index in [1.807, 2.05) is 12.1 Å². The predicted octanol–water partition coefficient (Wildman–Crippen LogP) is 1.53. The molecule has 1 aromatic carbocycles. The molecule has 0 radical (unpaired) electrons. The molecule has 0 bridgehead atoms. The minimum atomic E-state index is 0.00391. The molecule has 0 aliphatic carbocycles. The average molecular weight is 259 g/mol. The van der Waals surface area contributed by atoms with Crippen molar-refractivity contribution in [3.05, 3.63) is 24.3 Å². The van der Waals surface area contributed by atoms with Gasteiger partial charge in [0.05, 0.1) is 5.92 Å². The van der Waals surface area contributed by atoms with Crippen LogP contribution < -0.4 is 15.4 Å². The minimum absolute atomic E-state index is 0.00391. The van der Waals surface area contributed by atoms with Crippen molar-refractivity contribution < 1.29 is 9.53 Å². The predicted molar refractivity (Wildman–Crippen MR) is 71.8 cm³/mol. The molecule has 1 unspecified atom stereocenters. The Morgan fingerprint density at radius 2 is 2.47 bits per heavy atom. The molecule has 1 atom stereocenters. The van der Waals surface area contributed by atoms with Crippen molar-refractivity contribution in [1.29, 1.82) is 5.26 Å². The van der Waals surface area contributed by atoms with Crippen LogP contribution in [0.4, 0.5) is 5.69 Å². The molecule has 1 saturated heterocycles. The van der Waals surface area contributed by atoms with Crippen LogP contribution >= 0.6 is 0 Å². The van der Waals surface area contributed by atoms with Gasteiger partial charge in [-0.15, -0.1) is 0 Å². The van der Waals surface area contributed by atoms with E-state index in [1.54, 1.807) is 18.2 Å². The number of nitrogens with one attached hydrogen (secondary N) is 2. The Labute approximate surface area is 112 Å². The lowest BCUT2D eigenvalue weighted by Gasteiger charge is -2.21. The van der Waals surface area contributed by atoms with Crippen molar-refractivity contribution in [3.8, 4) is 11.8 Å². The van der Waals surface area contributed by atoms with Crippen LogP contribution in [0, 0.1) is 17.2 Å². The van der Waals surface area contributed by atoms with Gasteiger partial charge in [-0.3, -0.25) is 4.79 Å². The van der Waals surface area contributed by atoms with Gasteiger partial charge in [0.25, 0.3) is 0 Å². The molecule has 1 heterocycles. The summed E-state index contributed by atoms with van der Waals surface area (Å²) < 4.78 is 5.20. The van der Waals surface area contributed by atoms with E-state index in [2.05, 4.69) is 10.6 Å². The normalized spacial score (nSPS) is 18.4. The molecule has 19 heavy (non-hydrogen) atoms. The fourth-order valence-corrected chi connectivity index (χ4v) is 2.10. The summed E-state index contributed by atoms with van der Waals surface area (Å²) in [5, 5.41) is 14.6. The lowest BCUT2D eigenvalue weighted by molar-refractivity contribution is -0.120. The van der Waals surface area contributed by atoms with Crippen LogP contribution in [0.1, 0.15) is 12.8 Å². The van der Waals surface area contributed by atoms with Gasteiger partial charge in [0.1, 0.15) is 11.8 Å². The number of nitriles is 1. The van der Waals surface area contributed by atoms with E-state index in [1.165, 1.54) is 0 Å². The van der Waals surface area contributed by atoms with Gasteiger partial charge in [0.2, 0.25) is 5.91 Å². The third kappa shape index (κ3) is 3.97. The van der Waals surface area contributed by atoms with Crippen molar-refractivity contribution >= 4 is 11.6 Å². The highest BCUT2D eigenvalue weighted by atomic mass is 16.5. The van der Waals surface area contributed by atoms with E-state index in [-0.39, 0.29) is 18.4 Å². The maximum atomic E-state index is 12.0. The van der Waals surface area contributed by atoms with Crippen molar-refractivity contribution in [2.24, 2.45) is 5.92 Å². The first-order valence-corrected chi connectivity index (χ1v) is 6.41. The molecule has 1 fully saturated rings. The van der Waals surface area contributed by atoms with Crippen molar-refractivity contribution in [2.75, 3.05) is 25.0 Å². The summed E-state index contributed by atoms with van der Waals surface area (Å²) in [5.41, 5.74) is 0.700. The molecule has 1 aromatic rings. The van der Waals surface area contributed by atoms with Gasteiger partial charge in [-0.1, -0.05) is 6.07 Å². The quantitative estimate of drug-likeness (QED) is 0.860. The lowest BCUT2D eigenvalue weighted by atomic mass is 9.99. The van der Waals surface area contributed by atoms with Gasteiger partial charge in [0, 0.05) is 18.3 Å². The highest BCUT2D eigenvalue weighted by molar-refractivity contribution is 5.92. The average Bonchev–Trinajstić information content (AvgIpc) is 2.46. The molecule has 0 saturated carbocycles. The standard InChI is InChI=1S/C14H17N3O2/c15-6-8-19-13-5-1-4-12(9-13)17-14(18)11-3-2-7-16-10-11/h1,4-5,9,11,16H,2-3,7-8,10H2,(H,17,18). The summed E-state index contributed by atoms with van der Waals surface area (Å²) in [4.78, 5) is 12.0. The second kappa shape index (κ2) is 6.76. The number of rotatable bonds is 4. The Morgan fingerprint density at radius 3 is 3.21 bits per heavy atom. The van der Waals surface area contributed by atoms with Crippen molar-refractivity contribution in [3.63, 3.8) is 0 Å². The third-order valence-corrected chi connectivity index (χ3v) is 3.07. The van der Waals surface area contributed by atoms with Crippen molar-refractivity contribution in [2.45, 2.75) is 12.8 Å². The Hall–Kier alpha value is -2.06. The van der Waals surface area contributed by atoms with Gasteiger partial charge >= 0.3 is 0 Å². The number of piperidine rings is 1. The second-order valence-electron chi connectivity index (χ2n) is 4.51. The van der Waals surface area contributed by atoms with Gasteiger partial charge in [0.15, 0.2) is 6.61 Å². The van der Waals surface area contributed by atoms with Gasteiger partial charge in [-0.2, -0.15) is 5.26 Å². The molecular weight excluding hydrogens is 242 g/mol. The zero-order chi connectivity index (χ0) is 13.5. The molecular formula is C14H17N3O2. The number of carbonyl (C=O) groups is 1. The maximum absolute atomic E-state index is 12.0. The summed E-state index contributed by atoms with van der Waals surface area (Å²) in [5.74, 6) is 0.642. The van der Waals surface area contributed by atoms with Crippen molar-refractivity contribution in [1.82, 2.24) is 5.32 Å². The third-order valence-electron chi connectivity index (χ3n) is 3.07. The van der Waals surface area contributed by atoms with E-state index in [9.17, 15) is 4.79 Å². The Kier molecular flexibility index (Phi) is 4.76. The summed E-state index contributed by atoms with van der Waals surface area (Å²) in [7, 11) is 0. The van der Waals surface area contributed by atoms with Crippen LogP contribution in [-0.4, -0.2) is 25.6 Å². The first-order chi connectivity index (χ1) is 9.29. The van der Waals surface area contributed by atoms with E-state index in [0.717, 1.165) is 25.9 Å². The van der Waals surface area contributed by atoms with Gasteiger partial charge < -0.3 is 15.4 Å². The van der Waals surface area contributed by atoms with E-state index in [4.69, 9.17) is 10.00 Å². The monoisotopic (exact) mass is 259 g/mol. The van der Waals surface area contributed by atoms with Crippen LogP contribution in [0.15, 0.2) is 24.3 Å². The number of anilines is 1. The van der Waals surface area contributed by atoms with Crippen LogP contribution in [0.25, 0.3) is 0 Å². The molecule has 2 rings (SSSR count). The molecule has 0 spiro atoms. The summed E-state index contributed by atoms with van der Waals surface area (Å²) in [6.45, 7) is 1.72. The van der Waals surface area contributed by atoms with E-state index in [0.29, 0.717) is 11.4 Å². The highest BCUT2D eigenvalue weighted by Gasteiger charge is 2.20. The van der Waals surface area contributed by atoms with E-state index >= 15 is 0 Å². The Balaban J connectivity index is 1.94. The topological polar surface area (TPSA) is 74.1 Å². The fraction of sp³-hybridized carbons (Fsp3) is 0.429. The number of nitrogens with zero attached hydrogens (tertiary/aromatic N) is 1. The number of hydrogen-bond donors (Lipinski definition) is 2. The smallest absolute Gasteiger partial charge is 0.228 e. The first-order valence-electron chi connectivity index (χ1n) is 6.41. The highest BCUT2D eigenvalue weighted by Crippen LogP contribution is 2.19. The largest absolute Gasteiger partial charge is 0.479 e. The first kappa shape index (κ1) is 13.4. The second-order valence-corrected chi connectivity index (χ2v) is 4.51. The number of carbonyl (C=O) groups excluding carboxylic acids is 1. The maximum Gasteiger partial charge on any atom is 0.228 e. The zero-order valence-electron chi connectivity index (χ0n) is 10.7.